The molecule has 0 aliphatic carbocycles. The highest BCUT2D eigenvalue weighted by Crippen LogP contribution is 2.27. The number of allylic oxidation sites excluding steroid dienone is 1. The predicted molar refractivity (Wildman–Crippen MR) is 111 cm³/mol. The number of hydrogen-bond acceptors (Lipinski definition) is 5. The maximum atomic E-state index is 12.8. The van der Waals surface area contributed by atoms with Gasteiger partial charge < -0.3 is 5.11 Å². The molecule has 1 N–H and O–H groups in total. The van der Waals surface area contributed by atoms with E-state index in [9.17, 15) is 14.7 Å². The number of hydrogen-bond donors (Lipinski definition) is 1. The maximum Gasteiger partial charge on any atom is 0.415 e. The Balaban J connectivity index is 1.81. The van der Waals surface area contributed by atoms with Crippen molar-refractivity contribution in [1.82, 2.24) is 14.6 Å². The van der Waals surface area contributed by atoms with Gasteiger partial charge in [-0.1, -0.05) is 24.3 Å². The highest BCUT2D eigenvalue weighted by molar-refractivity contribution is 7.12. The van der Waals surface area contributed by atoms with Gasteiger partial charge in [0.1, 0.15) is 0 Å². The van der Waals surface area contributed by atoms with Crippen molar-refractivity contribution < 1.29 is 14.7 Å². The third-order valence-electron chi connectivity index (χ3n) is 4.32. The van der Waals surface area contributed by atoms with Crippen LogP contribution in [0.3, 0.4) is 0 Å². The summed E-state index contributed by atoms with van der Waals surface area (Å²) in [5, 5.41) is 15.7. The van der Waals surface area contributed by atoms with Crippen LogP contribution in [0, 0.1) is 0 Å². The summed E-state index contributed by atoms with van der Waals surface area (Å²) in [5.74, 6) is -0.126. The second kappa shape index (κ2) is 7.69. The fourth-order valence-corrected chi connectivity index (χ4v) is 3.71. The summed E-state index contributed by atoms with van der Waals surface area (Å²) in [4.78, 5) is 30.4. The van der Waals surface area contributed by atoms with Crippen molar-refractivity contribution >= 4 is 34.5 Å². The van der Waals surface area contributed by atoms with Crippen LogP contribution in [0.4, 0.5) is 10.5 Å². The van der Waals surface area contributed by atoms with Gasteiger partial charge in [-0.15, -0.1) is 11.3 Å². The minimum absolute atomic E-state index is 0.126. The summed E-state index contributed by atoms with van der Waals surface area (Å²) in [6, 6.07) is 12.5. The van der Waals surface area contributed by atoms with Crippen molar-refractivity contribution in [3.8, 4) is 11.3 Å². The van der Waals surface area contributed by atoms with Crippen LogP contribution in [0.15, 0.2) is 72.5 Å². The number of nitrogens with zero attached hydrogens (tertiary/aromatic N) is 4. The van der Waals surface area contributed by atoms with Gasteiger partial charge in [-0.05, 0) is 36.6 Å². The van der Waals surface area contributed by atoms with E-state index in [0.29, 0.717) is 27.5 Å². The minimum atomic E-state index is -1.08. The number of benzene rings is 1. The average molecular weight is 404 g/mol. The van der Waals surface area contributed by atoms with Crippen molar-refractivity contribution in [3.05, 3.63) is 83.0 Å². The molecule has 0 unspecified atom stereocenters. The number of aromatic nitrogens is 3. The molecular formula is C21H16N4O3S. The highest BCUT2D eigenvalue weighted by Gasteiger charge is 2.19. The number of carboxylic acid groups (broad SMARTS) is 1. The summed E-state index contributed by atoms with van der Waals surface area (Å²) in [5.41, 5.74) is 2.83. The van der Waals surface area contributed by atoms with Gasteiger partial charge in [-0.25, -0.2) is 14.3 Å². The molecule has 8 heteroatoms. The van der Waals surface area contributed by atoms with Crippen molar-refractivity contribution in [2.24, 2.45) is 0 Å². The van der Waals surface area contributed by atoms with E-state index in [-0.39, 0.29) is 5.78 Å². The topological polar surface area (TPSA) is 87.8 Å². The standard InChI is InChI=1S/C21H16N4O3S/c1-2-10-24(21(27)28)15-6-3-5-14(12-15)17-8-9-22-20-16(13-23-25(17)20)19(26)18-7-4-11-29-18/h2-13H,1H3,(H,27,28)/b10-2-. The number of ketones is 1. The molecular weight excluding hydrogens is 388 g/mol. The summed E-state index contributed by atoms with van der Waals surface area (Å²) >= 11 is 1.37. The molecule has 0 spiro atoms. The Hall–Kier alpha value is -3.78. The number of carbonyl (C=O) groups is 2. The summed E-state index contributed by atoms with van der Waals surface area (Å²) in [7, 11) is 0. The van der Waals surface area contributed by atoms with Gasteiger partial charge in [0.15, 0.2) is 5.65 Å². The minimum Gasteiger partial charge on any atom is -0.464 e. The lowest BCUT2D eigenvalue weighted by atomic mass is 10.1. The van der Waals surface area contributed by atoms with Gasteiger partial charge >= 0.3 is 6.09 Å². The molecule has 0 fully saturated rings. The summed E-state index contributed by atoms with van der Waals surface area (Å²) in [6.45, 7) is 1.75. The van der Waals surface area contributed by atoms with E-state index in [1.165, 1.54) is 23.7 Å². The first-order chi connectivity index (χ1) is 14.1. The maximum absolute atomic E-state index is 12.8. The second-order valence-electron chi connectivity index (χ2n) is 6.12. The molecule has 3 aromatic heterocycles. The summed E-state index contributed by atoms with van der Waals surface area (Å²) in [6.07, 6.45) is 5.19. The SMILES string of the molecule is C/C=C\N(C(=O)O)c1cccc(-c2ccnc3c(C(=O)c4cccs4)cnn23)c1. The molecule has 3 heterocycles. The van der Waals surface area contributed by atoms with Crippen molar-refractivity contribution in [2.75, 3.05) is 4.90 Å². The van der Waals surface area contributed by atoms with Crippen LogP contribution in [0.25, 0.3) is 16.9 Å². The Morgan fingerprint density at radius 2 is 2.07 bits per heavy atom. The summed E-state index contributed by atoms with van der Waals surface area (Å²) < 4.78 is 1.60. The van der Waals surface area contributed by atoms with E-state index in [2.05, 4.69) is 10.1 Å². The largest absolute Gasteiger partial charge is 0.464 e. The lowest BCUT2D eigenvalue weighted by Gasteiger charge is -2.15. The lowest BCUT2D eigenvalue weighted by Crippen LogP contribution is -2.22. The van der Waals surface area contributed by atoms with Crippen LogP contribution in [-0.2, 0) is 0 Å². The number of rotatable bonds is 5. The van der Waals surface area contributed by atoms with Crippen LogP contribution in [0.5, 0.6) is 0 Å². The predicted octanol–water partition coefficient (Wildman–Crippen LogP) is 4.71. The molecule has 4 rings (SSSR count). The zero-order valence-corrected chi connectivity index (χ0v) is 16.2. The monoisotopic (exact) mass is 404 g/mol. The number of fused-ring (bicyclic) bond motifs is 1. The van der Waals surface area contributed by atoms with E-state index < -0.39 is 6.09 Å². The van der Waals surface area contributed by atoms with Crippen molar-refractivity contribution in [2.45, 2.75) is 6.92 Å². The first-order valence-electron chi connectivity index (χ1n) is 8.76. The molecule has 1 amide bonds. The van der Waals surface area contributed by atoms with Gasteiger partial charge in [0, 0.05) is 18.0 Å². The molecule has 1 aromatic carbocycles. The van der Waals surface area contributed by atoms with Gasteiger partial charge in [-0.2, -0.15) is 5.10 Å². The molecule has 0 atom stereocenters. The quantitative estimate of drug-likeness (QED) is 0.487. The first kappa shape index (κ1) is 18.6. The number of carbonyl (C=O) groups excluding carboxylic acids is 1. The Morgan fingerprint density at radius 1 is 1.21 bits per heavy atom. The Morgan fingerprint density at radius 3 is 2.79 bits per heavy atom. The van der Waals surface area contributed by atoms with Gasteiger partial charge in [0.2, 0.25) is 5.78 Å². The van der Waals surface area contributed by atoms with Crippen LogP contribution in [0.2, 0.25) is 0 Å². The fraction of sp³-hybridized carbons (Fsp3) is 0.0476. The van der Waals surface area contributed by atoms with Gasteiger partial charge in [0.05, 0.1) is 28.0 Å². The van der Waals surface area contributed by atoms with E-state index in [4.69, 9.17) is 0 Å². The van der Waals surface area contributed by atoms with Gasteiger partial charge in [-0.3, -0.25) is 9.69 Å². The lowest BCUT2D eigenvalue weighted by molar-refractivity contribution is 0.104. The third-order valence-corrected chi connectivity index (χ3v) is 5.18. The molecule has 144 valence electrons. The molecule has 29 heavy (non-hydrogen) atoms. The molecule has 0 radical (unpaired) electrons. The van der Waals surface area contributed by atoms with E-state index in [0.717, 1.165) is 10.5 Å². The van der Waals surface area contributed by atoms with Crippen LogP contribution in [0.1, 0.15) is 22.2 Å². The van der Waals surface area contributed by atoms with Gasteiger partial charge in [0.25, 0.3) is 0 Å². The van der Waals surface area contributed by atoms with Crippen molar-refractivity contribution in [3.63, 3.8) is 0 Å². The number of thiophene rings is 1. The van der Waals surface area contributed by atoms with Crippen LogP contribution >= 0.6 is 11.3 Å². The molecule has 0 aliphatic heterocycles. The van der Waals surface area contributed by atoms with Crippen LogP contribution in [-0.4, -0.2) is 31.6 Å². The zero-order chi connectivity index (χ0) is 20.4. The molecule has 0 bridgehead atoms. The normalized spacial score (nSPS) is 11.2. The van der Waals surface area contributed by atoms with E-state index in [1.54, 1.807) is 54.0 Å². The fourth-order valence-electron chi connectivity index (χ4n) is 3.04. The Kier molecular flexibility index (Phi) is 4.92. The smallest absolute Gasteiger partial charge is 0.415 e. The number of amides is 1. The third kappa shape index (κ3) is 3.41. The second-order valence-corrected chi connectivity index (χ2v) is 7.06. The van der Waals surface area contributed by atoms with E-state index in [1.807, 2.05) is 17.5 Å². The molecule has 0 aliphatic rings. The van der Waals surface area contributed by atoms with E-state index >= 15 is 0 Å². The van der Waals surface area contributed by atoms with Crippen molar-refractivity contribution in [1.29, 1.82) is 0 Å². The highest BCUT2D eigenvalue weighted by atomic mass is 32.1. The zero-order valence-electron chi connectivity index (χ0n) is 15.4. The number of anilines is 1. The molecule has 4 aromatic rings. The Labute approximate surface area is 170 Å². The van der Waals surface area contributed by atoms with Crippen LogP contribution < -0.4 is 4.90 Å². The average Bonchev–Trinajstić information content (AvgIpc) is 3.41. The Bertz CT molecular complexity index is 1230. The molecule has 0 saturated carbocycles. The molecule has 0 saturated heterocycles. The first-order valence-corrected chi connectivity index (χ1v) is 9.64. The molecule has 7 nitrogen and oxygen atoms in total.